The predicted octanol–water partition coefficient (Wildman–Crippen LogP) is 5.08. The summed E-state index contributed by atoms with van der Waals surface area (Å²) in [7, 11) is 1.52. The summed E-state index contributed by atoms with van der Waals surface area (Å²) >= 11 is 7.25. The van der Waals surface area contributed by atoms with Gasteiger partial charge in [-0.05, 0) is 53.4 Å². The summed E-state index contributed by atoms with van der Waals surface area (Å²) in [6.45, 7) is 0. The molecule has 0 saturated heterocycles. The number of nitrogens with one attached hydrogen (secondary N) is 1. The lowest BCUT2D eigenvalue weighted by Crippen LogP contribution is -2.07. The first-order chi connectivity index (χ1) is 12.7. The third-order valence-electron chi connectivity index (χ3n) is 3.34. The molecular weight excluding hydrogens is 372 g/mol. The van der Waals surface area contributed by atoms with Crippen molar-refractivity contribution >= 4 is 40.8 Å². The van der Waals surface area contributed by atoms with Gasteiger partial charge in [0.15, 0.2) is 11.5 Å². The Labute approximate surface area is 159 Å². The normalized spacial score (nSPS) is 10.7. The Bertz CT molecular complexity index is 926. The number of ether oxygens (including phenoxy) is 2. The number of esters is 1. The molecular formula is C19H15ClN2O3S. The number of thiophene rings is 1. The first-order valence-electron chi connectivity index (χ1n) is 7.64. The topological polar surface area (TPSA) is 59.9 Å². The van der Waals surface area contributed by atoms with E-state index in [2.05, 4.69) is 10.5 Å². The SMILES string of the molecule is COc1cc(C=NNc2cccc(Cl)c2)ccc1OC(=O)c1cccs1. The van der Waals surface area contributed by atoms with Gasteiger partial charge in [-0.2, -0.15) is 5.10 Å². The van der Waals surface area contributed by atoms with Gasteiger partial charge in [0.1, 0.15) is 4.88 Å². The Morgan fingerprint density at radius 3 is 2.77 bits per heavy atom. The van der Waals surface area contributed by atoms with Crippen LogP contribution in [-0.4, -0.2) is 19.3 Å². The lowest BCUT2D eigenvalue weighted by molar-refractivity contribution is 0.0735. The smallest absolute Gasteiger partial charge is 0.353 e. The number of carbonyl (C=O) groups is 1. The minimum absolute atomic E-state index is 0.353. The van der Waals surface area contributed by atoms with Crippen molar-refractivity contribution in [3.8, 4) is 11.5 Å². The van der Waals surface area contributed by atoms with E-state index >= 15 is 0 Å². The average molecular weight is 387 g/mol. The molecule has 1 aromatic heterocycles. The minimum atomic E-state index is -0.414. The molecule has 0 aliphatic heterocycles. The molecule has 1 N–H and O–H groups in total. The van der Waals surface area contributed by atoms with Crippen LogP contribution >= 0.6 is 22.9 Å². The maximum absolute atomic E-state index is 12.1. The van der Waals surface area contributed by atoms with Crippen molar-refractivity contribution in [3.63, 3.8) is 0 Å². The van der Waals surface area contributed by atoms with Gasteiger partial charge in [-0.25, -0.2) is 4.79 Å². The quantitative estimate of drug-likeness (QED) is 0.278. The van der Waals surface area contributed by atoms with Gasteiger partial charge in [0.25, 0.3) is 0 Å². The molecule has 2 aromatic carbocycles. The molecule has 3 aromatic rings. The monoisotopic (exact) mass is 386 g/mol. The maximum atomic E-state index is 12.1. The Morgan fingerprint density at radius 1 is 1.15 bits per heavy atom. The van der Waals surface area contributed by atoms with Crippen molar-refractivity contribution in [1.29, 1.82) is 0 Å². The second kappa shape index (κ2) is 8.51. The van der Waals surface area contributed by atoms with Crippen LogP contribution in [0.1, 0.15) is 15.2 Å². The van der Waals surface area contributed by atoms with E-state index in [4.69, 9.17) is 21.1 Å². The standard InChI is InChI=1S/C19H15ClN2O3S/c1-24-17-10-13(12-21-22-15-5-2-4-14(20)11-15)7-8-16(17)25-19(23)18-6-3-9-26-18/h2-12,22H,1H3. The van der Waals surface area contributed by atoms with E-state index in [0.29, 0.717) is 21.4 Å². The molecule has 0 fully saturated rings. The molecule has 0 spiro atoms. The zero-order valence-electron chi connectivity index (χ0n) is 13.8. The number of nitrogens with zero attached hydrogens (tertiary/aromatic N) is 1. The first-order valence-corrected chi connectivity index (χ1v) is 8.90. The highest BCUT2D eigenvalue weighted by Gasteiger charge is 2.13. The molecule has 7 heteroatoms. The molecule has 0 amide bonds. The van der Waals surface area contributed by atoms with E-state index in [9.17, 15) is 4.79 Å². The van der Waals surface area contributed by atoms with Crippen LogP contribution in [0, 0.1) is 0 Å². The maximum Gasteiger partial charge on any atom is 0.353 e. The van der Waals surface area contributed by atoms with Crippen molar-refractivity contribution < 1.29 is 14.3 Å². The molecule has 132 valence electrons. The van der Waals surface area contributed by atoms with E-state index in [-0.39, 0.29) is 0 Å². The number of hydrogen-bond donors (Lipinski definition) is 1. The van der Waals surface area contributed by atoms with Crippen molar-refractivity contribution in [2.24, 2.45) is 5.10 Å². The molecule has 26 heavy (non-hydrogen) atoms. The van der Waals surface area contributed by atoms with E-state index in [1.807, 2.05) is 17.5 Å². The van der Waals surface area contributed by atoms with Gasteiger partial charge in [-0.15, -0.1) is 11.3 Å². The molecule has 0 atom stereocenters. The number of carbonyl (C=O) groups excluding carboxylic acids is 1. The summed E-state index contributed by atoms with van der Waals surface area (Å²) < 4.78 is 10.7. The highest BCUT2D eigenvalue weighted by molar-refractivity contribution is 7.12. The summed E-state index contributed by atoms with van der Waals surface area (Å²) in [6, 6.07) is 15.9. The van der Waals surface area contributed by atoms with Gasteiger partial charge in [-0.1, -0.05) is 23.7 Å². The minimum Gasteiger partial charge on any atom is -0.493 e. The Balaban J connectivity index is 1.70. The van der Waals surface area contributed by atoms with Crippen molar-refractivity contribution in [1.82, 2.24) is 0 Å². The Hall–Kier alpha value is -2.83. The van der Waals surface area contributed by atoms with Crippen LogP contribution in [-0.2, 0) is 0 Å². The number of methoxy groups -OCH3 is 1. The van der Waals surface area contributed by atoms with Crippen LogP contribution < -0.4 is 14.9 Å². The zero-order chi connectivity index (χ0) is 18.4. The lowest BCUT2D eigenvalue weighted by atomic mass is 10.2. The van der Waals surface area contributed by atoms with Crippen molar-refractivity contribution in [3.05, 3.63) is 75.4 Å². The fourth-order valence-electron chi connectivity index (χ4n) is 2.13. The average Bonchev–Trinajstić information content (AvgIpc) is 3.18. The van der Waals surface area contributed by atoms with Crippen LogP contribution in [0.2, 0.25) is 5.02 Å². The Kier molecular flexibility index (Phi) is 5.88. The Morgan fingerprint density at radius 2 is 2.04 bits per heavy atom. The number of anilines is 1. The van der Waals surface area contributed by atoms with Crippen LogP contribution in [0.25, 0.3) is 0 Å². The second-order valence-corrected chi connectivity index (χ2v) is 6.54. The third-order valence-corrected chi connectivity index (χ3v) is 4.43. The fraction of sp³-hybridized carbons (Fsp3) is 0.0526. The highest BCUT2D eigenvalue weighted by atomic mass is 35.5. The largest absolute Gasteiger partial charge is 0.493 e. The summed E-state index contributed by atoms with van der Waals surface area (Å²) in [6.07, 6.45) is 1.63. The van der Waals surface area contributed by atoms with Crippen molar-refractivity contribution in [2.75, 3.05) is 12.5 Å². The van der Waals surface area contributed by atoms with Gasteiger partial charge in [-0.3, -0.25) is 5.43 Å². The van der Waals surface area contributed by atoms with E-state index in [1.165, 1.54) is 18.4 Å². The summed E-state index contributed by atoms with van der Waals surface area (Å²) in [4.78, 5) is 12.6. The van der Waals surface area contributed by atoms with Gasteiger partial charge in [0, 0.05) is 5.02 Å². The van der Waals surface area contributed by atoms with E-state index < -0.39 is 5.97 Å². The van der Waals surface area contributed by atoms with E-state index in [0.717, 1.165) is 11.3 Å². The lowest BCUT2D eigenvalue weighted by Gasteiger charge is -2.09. The number of hydrazone groups is 1. The molecule has 0 radical (unpaired) electrons. The molecule has 0 bridgehead atoms. The van der Waals surface area contributed by atoms with Gasteiger partial charge in [0.05, 0.1) is 19.0 Å². The van der Waals surface area contributed by atoms with Crippen LogP contribution in [0.3, 0.4) is 0 Å². The molecule has 5 nitrogen and oxygen atoms in total. The molecule has 0 saturated carbocycles. The van der Waals surface area contributed by atoms with Gasteiger partial charge < -0.3 is 9.47 Å². The highest BCUT2D eigenvalue weighted by Crippen LogP contribution is 2.29. The number of hydrogen-bond acceptors (Lipinski definition) is 6. The van der Waals surface area contributed by atoms with Crippen LogP contribution in [0.4, 0.5) is 5.69 Å². The van der Waals surface area contributed by atoms with Crippen LogP contribution in [0.5, 0.6) is 11.5 Å². The third kappa shape index (κ3) is 4.62. The van der Waals surface area contributed by atoms with Crippen molar-refractivity contribution in [2.45, 2.75) is 0 Å². The number of rotatable bonds is 6. The second-order valence-electron chi connectivity index (χ2n) is 5.16. The molecule has 0 aliphatic rings. The van der Waals surface area contributed by atoms with Gasteiger partial charge in [0.2, 0.25) is 0 Å². The molecule has 0 unspecified atom stereocenters. The van der Waals surface area contributed by atoms with Gasteiger partial charge >= 0.3 is 5.97 Å². The number of halogens is 1. The zero-order valence-corrected chi connectivity index (χ0v) is 15.4. The predicted molar refractivity (Wildman–Crippen MR) is 105 cm³/mol. The van der Waals surface area contributed by atoms with E-state index in [1.54, 1.807) is 48.7 Å². The molecule has 3 rings (SSSR count). The first kappa shape index (κ1) is 18.0. The fourth-order valence-corrected chi connectivity index (χ4v) is 2.92. The molecule has 0 aliphatic carbocycles. The summed E-state index contributed by atoms with van der Waals surface area (Å²) in [5, 5.41) is 6.61. The van der Waals surface area contributed by atoms with Crippen LogP contribution in [0.15, 0.2) is 65.1 Å². The number of benzene rings is 2. The summed E-state index contributed by atoms with van der Waals surface area (Å²) in [5.41, 5.74) is 4.46. The molecule has 1 heterocycles. The summed E-state index contributed by atoms with van der Waals surface area (Å²) in [5.74, 6) is 0.384.